The summed E-state index contributed by atoms with van der Waals surface area (Å²) in [7, 11) is 0. The number of anilines is 3. The van der Waals surface area contributed by atoms with E-state index in [1.165, 1.54) is 6.07 Å². The van der Waals surface area contributed by atoms with Crippen molar-refractivity contribution in [3.8, 4) is 0 Å². The Morgan fingerprint density at radius 3 is 2.81 bits per heavy atom. The molecule has 2 heterocycles. The molecule has 0 spiro atoms. The normalized spacial score (nSPS) is 18.0. The Morgan fingerprint density at radius 1 is 1.11 bits per heavy atom. The average molecular weight is 366 g/mol. The lowest BCUT2D eigenvalue weighted by molar-refractivity contribution is -0.120. The van der Waals surface area contributed by atoms with Crippen LogP contribution in [-0.2, 0) is 9.59 Å². The first kappa shape index (κ1) is 17.1. The van der Waals surface area contributed by atoms with Crippen LogP contribution in [0.1, 0.15) is 12.0 Å². The monoisotopic (exact) mass is 366 g/mol. The number of carbonyl (C=O) groups is 2. The quantitative estimate of drug-likeness (QED) is 0.730. The molecule has 0 saturated carbocycles. The van der Waals surface area contributed by atoms with Crippen molar-refractivity contribution < 1.29 is 14.0 Å². The topological polar surface area (TPSA) is 73.5 Å². The second-order valence-electron chi connectivity index (χ2n) is 6.46. The van der Waals surface area contributed by atoms with Gasteiger partial charge in [0.15, 0.2) is 0 Å². The van der Waals surface area contributed by atoms with Crippen molar-refractivity contribution in [1.82, 2.24) is 5.32 Å². The van der Waals surface area contributed by atoms with Crippen molar-refractivity contribution in [2.75, 3.05) is 35.2 Å². The highest BCUT2D eigenvalue weighted by Gasteiger charge is 2.23. The standard InChI is InChI=1S/C20H19FN4O2/c21-16-11-13(5-6-18(16)25-9-7-19(26)22-8-10-25)23-12-15-14-3-1-2-4-17(14)24-20(15)27/h1-6,11-12,23H,7-10H2,(H,22,26)(H,24,27)/b15-12+. The minimum absolute atomic E-state index is 0.0158. The minimum Gasteiger partial charge on any atom is -0.367 e. The Morgan fingerprint density at radius 2 is 1.96 bits per heavy atom. The lowest BCUT2D eigenvalue weighted by Gasteiger charge is -2.22. The first-order chi connectivity index (χ1) is 13.1. The van der Waals surface area contributed by atoms with E-state index in [0.717, 1.165) is 11.3 Å². The van der Waals surface area contributed by atoms with Gasteiger partial charge in [-0.25, -0.2) is 4.39 Å². The first-order valence-electron chi connectivity index (χ1n) is 8.80. The maximum atomic E-state index is 14.6. The maximum Gasteiger partial charge on any atom is 0.257 e. The molecule has 2 aliphatic rings. The third kappa shape index (κ3) is 3.48. The largest absolute Gasteiger partial charge is 0.367 e. The molecule has 0 radical (unpaired) electrons. The van der Waals surface area contributed by atoms with E-state index < -0.39 is 0 Å². The molecule has 0 unspecified atom stereocenters. The summed E-state index contributed by atoms with van der Waals surface area (Å²) in [4.78, 5) is 25.4. The van der Waals surface area contributed by atoms with Crippen LogP contribution in [0, 0.1) is 5.82 Å². The summed E-state index contributed by atoms with van der Waals surface area (Å²) in [6.07, 6.45) is 1.93. The molecular weight excluding hydrogens is 347 g/mol. The number of para-hydroxylation sites is 1. The van der Waals surface area contributed by atoms with E-state index in [1.54, 1.807) is 18.3 Å². The summed E-state index contributed by atoms with van der Waals surface area (Å²) < 4.78 is 14.6. The molecule has 2 amide bonds. The summed E-state index contributed by atoms with van der Waals surface area (Å²) in [6.45, 7) is 1.55. The van der Waals surface area contributed by atoms with Crippen LogP contribution in [0.25, 0.3) is 5.57 Å². The van der Waals surface area contributed by atoms with Crippen LogP contribution < -0.4 is 20.9 Å². The average Bonchev–Trinajstić information content (AvgIpc) is 2.82. The number of hydrogen-bond donors (Lipinski definition) is 3. The smallest absolute Gasteiger partial charge is 0.257 e. The molecule has 6 nitrogen and oxygen atoms in total. The molecule has 138 valence electrons. The Hall–Kier alpha value is -3.35. The van der Waals surface area contributed by atoms with Crippen molar-refractivity contribution in [2.24, 2.45) is 0 Å². The number of nitrogens with zero attached hydrogens (tertiary/aromatic N) is 1. The molecule has 7 heteroatoms. The van der Waals surface area contributed by atoms with Gasteiger partial charge in [-0.1, -0.05) is 18.2 Å². The van der Waals surface area contributed by atoms with Crippen LogP contribution >= 0.6 is 0 Å². The van der Waals surface area contributed by atoms with Gasteiger partial charge in [0.1, 0.15) is 5.82 Å². The zero-order valence-corrected chi connectivity index (χ0v) is 14.6. The number of carbonyl (C=O) groups excluding carboxylic acids is 2. The highest BCUT2D eigenvalue weighted by molar-refractivity contribution is 6.31. The molecule has 1 saturated heterocycles. The van der Waals surface area contributed by atoms with Gasteiger partial charge < -0.3 is 20.9 Å². The Kier molecular flexibility index (Phi) is 4.50. The van der Waals surface area contributed by atoms with E-state index in [9.17, 15) is 14.0 Å². The molecule has 0 aliphatic carbocycles. The van der Waals surface area contributed by atoms with Crippen LogP contribution in [0.5, 0.6) is 0 Å². The fourth-order valence-corrected chi connectivity index (χ4v) is 3.30. The van der Waals surface area contributed by atoms with Crippen LogP contribution in [0.15, 0.2) is 48.7 Å². The van der Waals surface area contributed by atoms with Gasteiger partial charge in [0.2, 0.25) is 5.91 Å². The van der Waals surface area contributed by atoms with Gasteiger partial charge in [-0.3, -0.25) is 9.59 Å². The van der Waals surface area contributed by atoms with Gasteiger partial charge >= 0.3 is 0 Å². The number of rotatable bonds is 3. The zero-order chi connectivity index (χ0) is 18.8. The van der Waals surface area contributed by atoms with Gasteiger partial charge in [-0.15, -0.1) is 0 Å². The predicted molar refractivity (Wildman–Crippen MR) is 103 cm³/mol. The minimum atomic E-state index is -0.371. The van der Waals surface area contributed by atoms with Gasteiger partial charge in [-0.2, -0.15) is 0 Å². The second kappa shape index (κ2) is 7.11. The van der Waals surface area contributed by atoms with E-state index in [0.29, 0.717) is 43.0 Å². The molecule has 0 aromatic heterocycles. The van der Waals surface area contributed by atoms with Crippen LogP contribution in [0.4, 0.5) is 21.5 Å². The lowest BCUT2D eigenvalue weighted by Crippen LogP contribution is -2.29. The Bertz CT molecular complexity index is 941. The molecule has 0 atom stereocenters. The van der Waals surface area contributed by atoms with E-state index in [-0.39, 0.29) is 17.6 Å². The van der Waals surface area contributed by atoms with E-state index in [2.05, 4.69) is 16.0 Å². The highest BCUT2D eigenvalue weighted by Crippen LogP contribution is 2.31. The summed E-state index contributed by atoms with van der Waals surface area (Å²) >= 11 is 0. The molecule has 2 aromatic carbocycles. The summed E-state index contributed by atoms with van der Waals surface area (Å²) in [5.41, 5.74) is 3.10. The molecule has 3 N–H and O–H groups in total. The predicted octanol–water partition coefficient (Wildman–Crippen LogP) is 2.56. The summed E-state index contributed by atoms with van der Waals surface area (Å²) in [6, 6.07) is 12.3. The molecule has 1 fully saturated rings. The van der Waals surface area contributed by atoms with Gasteiger partial charge in [0, 0.05) is 49.2 Å². The van der Waals surface area contributed by atoms with Crippen molar-refractivity contribution in [1.29, 1.82) is 0 Å². The van der Waals surface area contributed by atoms with Gasteiger partial charge in [0.25, 0.3) is 5.91 Å². The van der Waals surface area contributed by atoms with Crippen LogP contribution in [0.2, 0.25) is 0 Å². The number of benzene rings is 2. The molecule has 2 aliphatic heterocycles. The second-order valence-corrected chi connectivity index (χ2v) is 6.46. The van der Waals surface area contributed by atoms with Crippen molar-refractivity contribution in [3.63, 3.8) is 0 Å². The molecular formula is C20H19FN4O2. The van der Waals surface area contributed by atoms with E-state index in [4.69, 9.17) is 0 Å². The lowest BCUT2D eigenvalue weighted by atomic mass is 10.1. The van der Waals surface area contributed by atoms with E-state index in [1.807, 2.05) is 29.2 Å². The highest BCUT2D eigenvalue weighted by atomic mass is 19.1. The molecule has 2 aromatic rings. The third-order valence-electron chi connectivity index (χ3n) is 4.69. The van der Waals surface area contributed by atoms with Crippen LogP contribution in [-0.4, -0.2) is 31.4 Å². The summed E-state index contributed by atoms with van der Waals surface area (Å²) in [5.74, 6) is -0.579. The number of hydrogen-bond acceptors (Lipinski definition) is 4. The number of amides is 2. The third-order valence-corrected chi connectivity index (χ3v) is 4.69. The van der Waals surface area contributed by atoms with Gasteiger partial charge in [-0.05, 0) is 24.3 Å². The summed E-state index contributed by atoms with van der Waals surface area (Å²) in [5, 5.41) is 8.57. The SMILES string of the molecule is O=C1CCN(c2ccc(N/C=C3/C(=O)Nc4ccccc43)cc2F)CCN1. The van der Waals surface area contributed by atoms with E-state index >= 15 is 0 Å². The zero-order valence-electron chi connectivity index (χ0n) is 14.6. The van der Waals surface area contributed by atoms with Crippen molar-refractivity contribution >= 4 is 34.4 Å². The Labute approximate surface area is 156 Å². The first-order valence-corrected chi connectivity index (χ1v) is 8.80. The fourth-order valence-electron chi connectivity index (χ4n) is 3.30. The molecule has 27 heavy (non-hydrogen) atoms. The Balaban J connectivity index is 1.52. The number of fused-ring (bicyclic) bond motifs is 1. The molecule has 0 bridgehead atoms. The maximum absolute atomic E-state index is 14.6. The number of nitrogens with one attached hydrogen (secondary N) is 3. The van der Waals surface area contributed by atoms with Crippen molar-refractivity contribution in [2.45, 2.75) is 6.42 Å². The number of halogens is 1. The fraction of sp³-hybridized carbons (Fsp3) is 0.200. The van der Waals surface area contributed by atoms with Crippen molar-refractivity contribution in [3.05, 3.63) is 60.0 Å². The van der Waals surface area contributed by atoms with Crippen LogP contribution in [0.3, 0.4) is 0 Å². The van der Waals surface area contributed by atoms with Gasteiger partial charge in [0.05, 0.1) is 11.3 Å². The molecule has 4 rings (SSSR count).